The summed E-state index contributed by atoms with van der Waals surface area (Å²) in [6.07, 6.45) is 4.87. The maximum absolute atomic E-state index is 9.72. The van der Waals surface area contributed by atoms with E-state index < -0.39 is 0 Å². The zero-order valence-electron chi connectivity index (χ0n) is 10.5. The molecule has 1 aromatic carbocycles. The van der Waals surface area contributed by atoms with Crippen LogP contribution in [0, 0.1) is 0 Å². The number of hydrogen-bond donors (Lipinski definition) is 2. The zero-order chi connectivity index (χ0) is 12.8. The van der Waals surface area contributed by atoms with Crippen molar-refractivity contribution in [2.45, 2.75) is 19.3 Å². The van der Waals surface area contributed by atoms with Crippen molar-refractivity contribution in [1.82, 2.24) is 10.3 Å². The SMILES string of the molecule is CNCCCc1cnc(Cc2ccccc2O)s1. The van der Waals surface area contributed by atoms with Crippen molar-refractivity contribution < 1.29 is 5.11 Å². The number of hydrogen-bond acceptors (Lipinski definition) is 4. The van der Waals surface area contributed by atoms with E-state index in [2.05, 4.69) is 10.3 Å². The molecule has 1 aromatic heterocycles. The smallest absolute Gasteiger partial charge is 0.119 e. The van der Waals surface area contributed by atoms with E-state index in [4.69, 9.17) is 0 Å². The summed E-state index contributed by atoms with van der Waals surface area (Å²) in [7, 11) is 1.97. The third-order valence-corrected chi connectivity index (χ3v) is 3.84. The lowest BCUT2D eigenvalue weighted by atomic mass is 10.1. The summed E-state index contributed by atoms with van der Waals surface area (Å²) in [5.74, 6) is 0.351. The van der Waals surface area contributed by atoms with Crippen LogP contribution < -0.4 is 5.32 Å². The molecule has 0 saturated heterocycles. The van der Waals surface area contributed by atoms with Crippen LogP contribution in [0.2, 0.25) is 0 Å². The van der Waals surface area contributed by atoms with Gasteiger partial charge in [0.1, 0.15) is 5.75 Å². The number of para-hydroxylation sites is 1. The molecule has 0 unspecified atom stereocenters. The first-order valence-electron chi connectivity index (χ1n) is 6.14. The number of aryl methyl sites for hydroxylation is 1. The Hall–Kier alpha value is -1.39. The van der Waals surface area contributed by atoms with Crippen molar-refractivity contribution in [1.29, 1.82) is 0 Å². The van der Waals surface area contributed by atoms with Crippen LogP contribution in [0.4, 0.5) is 0 Å². The van der Waals surface area contributed by atoms with E-state index in [1.54, 1.807) is 17.4 Å². The third-order valence-electron chi connectivity index (χ3n) is 2.78. The van der Waals surface area contributed by atoms with Gasteiger partial charge in [0.05, 0.1) is 5.01 Å². The molecular formula is C14H18N2OS. The number of benzene rings is 1. The molecule has 4 heteroatoms. The number of aromatic hydroxyl groups is 1. The number of phenolic OH excluding ortho intramolecular Hbond substituents is 1. The lowest BCUT2D eigenvalue weighted by Gasteiger charge is -2.00. The first-order valence-corrected chi connectivity index (χ1v) is 6.96. The van der Waals surface area contributed by atoms with Gasteiger partial charge in [-0.05, 0) is 32.5 Å². The Labute approximate surface area is 112 Å². The molecule has 2 aromatic rings. The summed E-state index contributed by atoms with van der Waals surface area (Å²) in [4.78, 5) is 5.73. The van der Waals surface area contributed by atoms with Gasteiger partial charge in [0.25, 0.3) is 0 Å². The van der Waals surface area contributed by atoms with Crippen LogP contribution >= 0.6 is 11.3 Å². The largest absolute Gasteiger partial charge is 0.508 e. The van der Waals surface area contributed by atoms with Gasteiger partial charge in [0, 0.05) is 23.1 Å². The molecule has 0 aliphatic heterocycles. The lowest BCUT2D eigenvalue weighted by molar-refractivity contribution is 0.469. The minimum absolute atomic E-state index is 0.351. The van der Waals surface area contributed by atoms with E-state index in [1.165, 1.54) is 4.88 Å². The Morgan fingerprint density at radius 1 is 1.33 bits per heavy atom. The summed E-state index contributed by atoms with van der Waals surface area (Å²) in [5.41, 5.74) is 0.939. The monoisotopic (exact) mass is 262 g/mol. The fourth-order valence-corrected chi connectivity index (χ4v) is 2.80. The van der Waals surface area contributed by atoms with Gasteiger partial charge in [0.2, 0.25) is 0 Å². The number of thiazole rings is 1. The summed E-state index contributed by atoms with van der Waals surface area (Å²) in [6, 6.07) is 7.44. The van der Waals surface area contributed by atoms with Crippen LogP contribution in [0.25, 0.3) is 0 Å². The number of aromatic nitrogens is 1. The molecule has 0 aliphatic rings. The van der Waals surface area contributed by atoms with E-state index in [-0.39, 0.29) is 0 Å². The van der Waals surface area contributed by atoms with E-state index in [0.717, 1.165) is 30.0 Å². The number of nitrogens with one attached hydrogen (secondary N) is 1. The number of nitrogens with zero attached hydrogens (tertiary/aromatic N) is 1. The predicted molar refractivity (Wildman–Crippen MR) is 75.3 cm³/mol. The Kier molecular flexibility index (Phi) is 4.73. The second-order valence-electron chi connectivity index (χ2n) is 4.23. The second kappa shape index (κ2) is 6.52. The second-order valence-corrected chi connectivity index (χ2v) is 5.43. The lowest BCUT2D eigenvalue weighted by Crippen LogP contribution is -2.07. The van der Waals surface area contributed by atoms with Crippen molar-refractivity contribution >= 4 is 11.3 Å². The van der Waals surface area contributed by atoms with Crippen molar-refractivity contribution in [3.63, 3.8) is 0 Å². The van der Waals surface area contributed by atoms with Crippen LogP contribution in [0.1, 0.15) is 21.9 Å². The topological polar surface area (TPSA) is 45.2 Å². The third kappa shape index (κ3) is 3.55. The quantitative estimate of drug-likeness (QED) is 0.787. The van der Waals surface area contributed by atoms with Gasteiger partial charge in [-0.15, -0.1) is 11.3 Å². The Morgan fingerprint density at radius 3 is 2.94 bits per heavy atom. The number of phenols is 1. The highest BCUT2D eigenvalue weighted by Crippen LogP contribution is 2.23. The minimum Gasteiger partial charge on any atom is -0.508 e. The van der Waals surface area contributed by atoms with Gasteiger partial charge < -0.3 is 10.4 Å². The maximum Gasteiger partial charge on any atom is 0.119 e. The Morgan fingerprint density at radius 2 is 2.17 bits per heavy atom. The molecular weight excluding hydrogens is 244 g/mol. The molecule has 1 heterocycles. The van der Waals surface area contributed by atoms with Gasteiger partial charge in [-0.3, -0.25) is 0 Å². The highest BCUT2D eigenvalue weighted by atomic mass is 32.1. The van der Waals surface area contributed by atoms with E-state index in [1.807, 2.05) is 31.4 Å². The Balaban J connectivity index is 1.96. The van der Waals surface area contributed by atoms with Gasteiger partial charge in [-0.25, -0.2) is 4.98 Å². The van der Waals surface area contributed by atoms with Crippen molar-refractivity contribution in [3.05, 3.63) is 45.9 Å². The highest BCUT2D eigenvalue weighted by molar-refractivity contribution is 7.11. The molecule has 0 amide bonds. The molecule has 96 valence electrons. The van der Waals surface area contributed by atoms with E-state index in [9.17, 15) is 5.11 Å². The molecule has 0 aliphatic carbocycles. The molecule has 0 radical (unpaired) electrons. The Bertz CT molecular complexity index is 496. The first-order chi connectivity index (χ1) is 8.79. The summed E-state index contributed by atoms with van der Waals surface area (Å²) < 4.78 is 0. The minimum atomic E-state index is 0.351. The molecule has 0 bridgehead atoms. The summed E-state index contributed by atoms with van der Waals surface area (Å²) >= 11 is 1.74. The maximum atomic E-state index is 9.72. The van der Waals surface area contributed by atoms with Gasteiger partial charge in [0.15, 0.2) is 0 Å². The highest BCUT2D eigenvalue weighted by Gasteiger charge is 2.06. The first kappa shape index (κ1) is 13.1. The van der Waals surface area contributed by atoms with Gasteiger partial charge in [-0.1, -0.05) is 18.2 Å². The van der Waals surface area contributed by atoms with Gasteiger partial charge >= 0.3 is 0 Å². The zero-order valence-corrected chi connectivity index (χ0v) is 11.3. The molecule has 2 rings (SSSR count). The van der Waals surface area contributed by atoms with Crippen LogP contribution in [0.3, 0.4) is 0 Å². The van der Waals surface area contributed by atoms with E-state index in [0.29, 0.717) is 12.2 Å². The van der Waals surface area contributed by atoms with Crippen molar-refractivity contribution in [2.75, 3.05) is 13.6 Å². The molecule has 0 atom stereocenters. The standard InChI is InChI=1S/C14H18N2OS/c1-15-8-4-6-12-10-16-14(18-12)9-11-5-2-3-7-13(11)17/h2-3,5,7,10,15,17H,4,6,8-9H2,1H3. The van der Waals surface area contributed by atoms with Crippen molar-refractivity contribution in [2.24, 2.45) is 0 Å². The van der Waals surface area contributed by atoms with Crippen LogP contribution in [-0.4, -0.2) is 23.7 Å². The molecule has 2 N–H and O–H groups in total. The molecule has 0 spiro atoms. The fraction of sp³-hybridized carbons (Fsp3) is 0.357. The normalized spacial score (nSPS) is 10.7. The molecule has 0 fully saturated rings. The summed E-state index contributed by atoms with van der Waals surface area (Å²) in [5, 5.41) is 13.9. The average Bonchev–Trinajstić information content (AvgIpc) is 2.80. The molecule has 3 nitrogen and oxygen atoms in total. The van der Waals surface area contributed by atoms with Crippen LogP contribution in [0.15, 0.2) is 30.5 Å². The summed E-state index contributed by atoms with van der Waals surface area (Å²) in [6.45, 7) is 1.03. The van der Waals surface area contributed by atoms with Crippen LogP contribution in [0.5, 0.6) is 5.75 Å². The average molecular weight is 262 g/mol. The molecule has 0 saturated carbocycles. The van der Waals surface area contributed by atoms with Gasteiger partial charge in [-0.2, -0.15) is 0 Å². The molecule has 18 heavy (non-hydrogen) atoms. The van der Waals surface area contributed by atoms with Crippen molar-refractivity contribution in [3.8, 4) is 5.75 Å². The van der Waals surface area contributed by atoms with Crippen LogP contribution in [-0.2, 0) is 12.8 Å². The predicted octanol–water partition coefficient (Wildman–Crippen LogP) is 2.59. The fourth-order valence-electron chi connectivity index (χ4n) is 1.81. The van der Waals surface area contributed by atoms with E-state index >= 15 is 0 Å². The number of rotatable bonds is 6.